The highest BCUT2D eigenvalue weighted by atomic mass is 16.6. The van der Waals surface area contributed by atoms with E-state index in [9.17, 15) is 9.59 Å². The van der Waals surface area contributed by atoms with Crippen LogP contribution in [0.4, 0.5) is 4.79 Å². The van der Waals surface area contributed by atoms with Gasteiger partial charge in [0.15, 0.2) is 0 Å². The average Bonchev–Trinajstić information content (AvgIpc) is 2.68. The second-order valence-electron chi connectivity index (χ2n) is 7.76. The number of alkyl carbamates (subject to hydrolysis) is 1. The van der Waals surface area contributed by atoms with Crippen LogP contribution in [-0.4, -0.2) is 41.9 Å². The van der Waals surface area contributed by atoms with Gasteiger partial charge in [-0.3, -0.25) is 4.79 Å². The molecule has 128 valence electrons. The molecule has 1 fully saturated rings. The van der Waals surface area contributed by atoms with Crippen LogP contribution >= 0.6 is 0 Å². The van der Waals surface area contributed by atoms with Gasteiger partial charge in [0.1, 0.15) is 11.2 Å². The Bertz CT molecular complexity index is 396. The first-order chi connectivity index (χ1) is 9.96. The maximum atomic E-state index is 11.8. The highest BCUT2D eigenvalue weighted by molar-refractivity contribution is 5.72. The van der Waals surface area contributed by atoms with Gasteiger partial charge in [0.2, 0.25) is 0 Å². The minimum atomic E-state index is -0.512. The normalized spacial score (nSPS) is 22.3. The largest absolute Gasteiger partial charge is 0.459 e. The predicted octanol–water partition coefficient (Wildman–Crippen LogP) is 2.36. The number of amides is 1. The minimum absolute atomic E-state index is 0.0164. The van der Waals surface area contributed by atoms with Gasteiger partial charge < -0.3 is 20.1 Å². The number of hydrogen-bond acceptors (Lipinski definition) is 5. The quantitative estimate of drug-likeness (QED) is 0.779. The molecule has 2 atom stereocenters. The van der Waals surface area contributed by atoms with E-state index in [4.69, 9.17) is 9.47 Å². The molecule has 1 saturated carbocycles. The van der Waals surface area contributed by atoms with Crippen molar-refractivity contribution in [2.75, 3.05) is 6.54 Å². The smallest absolute Gasteiger partial charge is 0.407 e. The summed E-state index contributed by atoms with van der Waals surface area (Å²) in [7, 11) is 0. The minimum Gasteiger partial charge on any atom is -0.459 e. The van der Waals surface area contributed by atoms with E-state index in [0.29, 0.717) is 0 Å². The van der Waals surface area contributed by atoms with E-state index in [0.717, 1.165) is 19.3 Å². The second kappa shape index (κ2) is 7.31. The molecule has 0 saturated heterocycles. The van der Waals surface area contributed by atoms with E-state index in [1.54, 1.807) is 0 Å². The first-order valence-electron chi connectivity index (χ1n) is 7.91. The molecule has 1 amide bonds. The topological polar surface area (TPSA) is 76.7 Å². The van der Waals surface area contributed by atoms with Gasteiger partial charge in [0, 0.05) is 12.1 Å². The summed E-state index contributed by atoms with van der Waals surface area (Å²) in [5.74, 6) is -0.282. The van der Waals surface area contributed by atoms with E-state index in [1.807, 2.05) is 41.5 Å². The summed E-state index contributed by atoms with van der Waals surface area (Å²) in [5.41, 5.74) is -0.995. The van der Waals surface area contributed by atoms with E-state index in [-0.39, 0.29) is 24.6 Å². The molecule has 0 spiro atoms. The van der Waals surface area contributed by atoms with Crippen LogP contribution in [0.1, 0.15) is 60.8 Å². The molecular formula is C16H30N2O4. The molecule has 0 heterocycles. The Kier molecular flexibility index (Phi) is 6.23. The Morgan fingerprint density at radius 1 is 0.955 bits per heavy atom. The molecule has 0 radical (unpaired) electrons. The summed E-state index contributed by atoms with van der Waals surface area (Å²) in [4.78, 5) is 23.6. The number of carbonyl (C=O) groups is 2. The fourth-order valence-electron chi connectivity index (χ4n) is 2.43. The molecule has 0 aromatic carbocycles. The van der Waals surface area contributed by atoms with Gasteiger partial charge in [0.25, 0.3) is 0 Å². The molecule has 1 aliphatic rings. The van der Waals surface area contributed by atoms with Crippen LogP contribution in [0.25, 0.3) is 0 Å². The van der Waals surface area contributed by atoms with Crippen molar-refractivity contribution in [1.82, 2.24) is 10.6 Å². The molecule has 1 aliphatic carbocycles. The third-order valence-corrected chi connectivity index (χ3v) is 3.15. The van der Waals surface area contributed by atoms with Gasteiger partial charge in [0.05, 0.1) is 6.54 Å². The standard InChI is InChI=1S/C16H30N2O4/c1-15(2,3)21-13(19)10-17-11-8-7-9-12(11)18-14(20)22-16(4,5)6/h11-12,17H,7-10H2,1-6H3,(H,18,20)/t11-,12-/m0/s1. The Balaban J connectivity index is 2.40. The van der Waals surface area contributed by atoms with Crippen molar-refractivity contribution >= 4 is 12.1 Å². The maximum Gasteiger partial charge on any atom is 0.407 e. The molecule has 0 aromatic rings. The lowest BCUT2D eigenvalue weighted by Crippen LogP contribution is -2.49. The van der Waals surface area contributed by atoms with E-state index in [1.165, 1.54) is 0 Å². The van der Waals surface area contributed by atoms with Gasteiger partial charge >= 0.3 is 12.1 Å². The van der Waals surface area contributed by atoms with Gasteiger partial charge in [-0.25, -0.2) is 4.79 Å². The summed E-state index contributed by atoms with van der Waals surface area (Å²) >= 11 is 0. The van der Waals surface area contributed by atoms with Crippen molar-refractivity contribution < 1.29 is 19.1 Å². The van der Waals surface area contributed by atoms with Crippen molar-refractivity contribution in [3.63, 3.8) is 0 Å². The number of rotatable bonds is 4. The van der Waals surface area contributed by atoms with Crippen LogP contribution < -0.4 is 10.6 Å². The molecule has 22 heavy (non-hydrogen) atoms. The van der Waals surface area contributed by atoms with Crippen LogP contribution in [0.15, 0.2) is 0 Å². The van der Waals surface area contributed by atoms with Crippen LogP contribution in [0.5, 0.6) is 0 Å². The van der Waals surface area contributed by atoms with Gasteiger partial charge in [-0.15, -0.1) is 0 Å². The van der Waals surface area contributed by atoms with E-state index in [2.05, 4.69) is 10.6 Å². The van der Waals surface area contributed by atoms with Crippen LogP contribution in [0.2, 0.25) is 0 Å². The highest BCUT2D eigenvalue weighted by Crippen LogP contribution is 2.20. The van der Waals surface area contributed by atoms with Crippen molar-refractivity contribution in [2.24, 2.45) is 0 Å². The molecule has 6 heteroatoms. The average molecular weight is 314 g/mol. The molecule has 1 rings (SSSR count). The zero-order chi connectivity index (χ0) is 17.0. The number of carbonyl (C=O) groups excluding carboxylic acids is 2. The third-order valence-electron chi connectivity index (χ3n) is 3.15. The zero-order valence-electron chi connectivity index (χ0n) is 14.6. The number of hydrogen-bond donors (Lipinski definition) is 2. The summed E-state index contributed by atoms with van der Waals surface area (Å²) < 4.78 is 10.5. The fraction of sp³-hybridized carbons (Fsp3) is 0.875. The lowest BCUT2D eigenvalue weighted by molar-refractivity contribution is -0.153. The van der Waals surface area contributed by atoms with Crippen LogP contribution in [-0.2, 0) is 14.3 Å². The SMILES string of the molecule is CC(C)(C)OC(=O)CN[C@H]1CCC[C@@H]1NC(=O)OC(C)(C)C. The zero-order valence-corrected chi connectivity index (χ0v) is 14.6. The molecule has 6 nitrogen and oxygen atoms in total. The van der Waals surface area contributed by atoms with E-state index >= 15 is 0 Å². The number of esters is 1. The Morgan fingerprint density at radius 2 is 1.50 bits per heavy atom. The fourth-order valence-corrected chi connectivity index (χ4v) is 2.43. The second-order valence-corrected chi connectivity index (χ2v) is 7.76. The van der Waals surface area contributed by atoms with E-state index < -0.39 is 17.3 Å². The van der Waals surface area contributed by atoms with Crippen LogP contribution in [0, 0.1) is 0 Å². The molecular weight excluding hydrogens is 284 g/mol. The Morgan fingerprint density at radius 3 is 2.05 bits per heavy atom. The summed E-state index contributed by atoms with van der Waals surface area (Å²) in [5, 5.41) is 6.06. The molecule has 0 aromatic heterocycles. The molecule has 0 bridgehead atoms. The van der Waals surface area contributed by atoms with Crippen LogP contribution in [0.3, 0.4) is 0 Å². The summed E-state index contributed by atoms with van der Waals surface area (Å²) in [6.07, 6.45) is 2.39. The monoisotopic (exact) mass is 314 g/mol. The van der Waals surface area contributed by atoms with Gasteiger partial charge in [-0.05, 0) is 60.8 Å². The maximum absolute atomic E-state index is 11.8. The van der Waals surface area contributed by atoms with Gasteiger partial charge in [-0.1, -0.05) is 0 Å². The first-order valence-corrected chi connectivity index (χ1v) is 7.91. The molecule has 0 unspecified atom stereocenters. The predicted molar refractivity (Wildman–Crippen MR) is 84.6 cm³/mol. The number of nitrogens with one attached hydrogen (secondary N) is 2. The lowest BCUT2D eigenvalue weighted by Gasteiger charge is -2.26. The summed E-state index contributed by atoms with van der Waals surface area (Å²) in [6.45, 7) is 11.2. The number of ether oxygens (including phenoxy) is 2. The lowest BCUT2D eigenvalue weighted by atomic mass is 10.1. The third kappa shape index (κ3) is 7.64. The Labute approximate surface area is 133 Å². The highest BCUT2D eigenvalue weighted by Gasteiger charge is 2.30. The Hall–Kier alpha value is -1.30. The van der Waals surface area contributed by atoms with Crippen molar-refractivity contribution in [3.05, 3.63) is 0 Å². The van der Waals surface area contributed by atoms with Crippen molar-refractivity contribution in [2.45, 2.75) is 84.1 Å². The molecule has 2 N–H and O–H groups in total. The van der Waals surface area contributed by atoms with Gasteiger partial charge in [-0.2, -0.15) is 0 Å². The van der Waals surface area contributed by atoms with Crippen molar-refractivity contribution in [3.8, 4) is 0 Å². The van der Waals surface area contributed by atoms with Crippen molar-refractivity contribution in [1.29, 1.82) is 0 Å². The molecule has 0 aliphatic heterocycles. The first kappa shape index (κ1) is 18.7. The summed E-state index contributed by atoms with van der Waals surface area (Å²) in [6, 6.07) is 0.0531.